The molecule has 0 aromatic rings. The van der Waals surface area contributed by atoms with Gasteiger partial charge in [0.15, 0.2) is 0 Å². The molecule has 0 rings (SSSR count). The molecule has 0 aromatic carbocycles. The highest BCUT2D eigenvalue weighted by atomic mass is 16.6. The van der Waals surface area contributed by atoms with Crippen LogP contribution in [0.1, 0.15) is 13.8 Å². The first-order chi connectivity index (χ1) is 5.22. The molecule has 4 heteroatoms. The van der Waals surface area contributed by atoms with E-state index in [-0.39, 0.29) is 6.61 Å². The maximum Gasteiger partial charge on any atom is 0.431 e. The molecule has 0 aliphatic rings. The van der Waals surface area contributed by atoms with E-state index in [4.69, 9.17) is 0 Å². The minimum absolute atomic E-state index is 0.146. The van der Waals surface area contributed by atoms with E-state index in [1.165, 1.54) is 6.92 Å². The lowest BCUT2D eigenvalue weighted by Gasteiger charge is -1.95. The maximum atomic E-state index is 10.5. The van der Waals surface area contributed by atoms with Crippen molar-refractivity contribution < 1.29 is 19.1 Å². The van der Waals surface area contributed by atoms with Gasteiger partial charge in [-0.1, -0.05) is 5.92 Å². The minimum Gasteiger partial charge on any atom is -0.458 e. The Bertz CT molecular complexity index is 208. The van der Waals surface area contributed by atoms with E-state index in [0.29, 0.717) is 0 Å². The van der Waals surface area contributed by atoms with Crippen molar-refractivity contribution in [3.05, 3.63) is 0 Å². The van der Waals surface area contributed by atoms with Crippen molar-refractivity contribution in [1.82, 2.24) is 0 Å². The van der Waals surface area contributed by atoms with Crippen LogP contribution in [0.3, 0.4) is 0 Å². The molecule has 0 aliphatic carbocycles. The van der Waals surface area contributed by atoms with Crippen molar-refractivity contribution >= 4 is 11.9 Å². The van der Waals surface area contributed by atoms with Crippen molar-refractivity contribution in [2.45, 2.75) is 13.8 Å². The van der Waals surface area contributed by atoms with E-state index in [1.54, 1.807) is 6.92 Å². The van der Waals surface area contributed by atoms with Crippen LogP contribution in [0.5, 0.6) is 0 Å². The predicted octanol–water partition coefficient (Wildman–Crippen LogP) is 0.0735. The van der Waals surface area contributed by atoms with Crippen LogP contribution in [-0.2, 0) is 19.1 Å². The van der Waals surface area contributed by atoms with Crippen LogP contribution < -0.4 is 0 Å². The lowest BCUT2D eigenvalue weighted by Crippen LogP contribution is -2.18. The summed E-state index contributed by atoms with van der Waals surface area (Å²) < 4.78 is 8.45. The van der Waals surface area contributed by atoms with E-state index < -0.39 is 11.9 Å². The number of hydrogen-bond donors (Lipinski definition) is 0. The molecule has 60 valence electrons. The summed E-state index contributed by atoms with van der Waals surface area (Å²) in [7, 11) is 0. The van der Waals surface area contributed by atoms with Gasteiger partial charge in [-0.05, 0) is 6.92 Å². The standard InChI is InChI=1S/C7H8O4/c1-3-5-11-7(9)6(8)10-4-2/h4H2,1-2H3. The van der Waals surface area contributed by atoms with Crippen LogP contribution in [0.15, 0.2) is 0 Å². The Morgan fingerprint density at radius 2 is 2.00 bits per heavy atom. The van der Waals surface area contributed by atoms with Gasteiger partial charge in [-0.25, -0.2) is 9.59 Å². The average molecular weight is 156 g/mol. The highest BCUT2D eigenvalue weighted by Crippen LogP contribution is 1.82. The Morgan fingerprint density at radius 1 is 1.36 bits per heavy atom. The molecule has 0 fully saturated rings. The van der Waals surface area contributed by atoms with E-state index in [0.717, 1.165) is 0 Å². The SMILES string of the molecule is CC#COC(=O)C(=O)OCC. The average Bonchev–Trinajstić information content (AvgIpc) is 2.00. The van der Waals surface area contributed by atoms with Gasteiger partial charge in [-0.15, -0.1) is 0 Å². The zero-order valence-corrected chi connectivity index (χ0v) is 6.34. The van der Waals surface area contributed by atoms with Gasteiger partial charge in [0.05, 0.1) is 6.61 Å². The third kappa shape index (κ3) is 3.98. The fraction of sp³-hybridized carbons (Fsp3) is 0.429. The van der Waals surface area contributed by atoms with Crippen molar-refractivity contribution in [1.29, 1.82) is 0 Å². The van der Waals surface area contributed by atoms with Crippen LogP contribution in [0.25, 0.3) is 0 Å². The molecule has 0 spiro atoms. The third-order valence-electron chi connectivity index (χ3n) is 0.688. The van der Waals surface area contributed by atoms with Crippen molar-refractivity contribution in [3.8, 4) is 12.0 Å². The molecule has 0 heterocycles. The maximum absolute atomic E-state index is 10.5. The molecule has 4 nitrogen and oxygen atoms in total. The van der Waals surface area contributed by atoms with Crippen molar-refractivity contribution in [2.24, 2.45) is 0 Å². The van der Waals surface area contributed by atoms with Gasteiger partial charge in [0.25, 0.3) is 0 Å². The molecular weight excluding hydrogens is 148 g/mol. The largest absolute Gasteiger partial charge is 0.458 e. The summed E-state index contributed by atoms with van der Waals surface area (Å²) in [5, 5.41) is 0. The molecule has 0 N–H and O–H groups in total. The van der Waals surface area contributed by atoms with Gasteiger partial charge in [-0.3, -0.25) is 0 Å². The summed E-state index contributed by atoms with van der Waals surface area (Å²) in [6.07, 6.45) is 1.99. The Kier molecular flexibility index (Phi) is 4.58. The van der Waals surface area contributed by atoms with Crippen LogP contribution >= 0.6 is 0 Å². The summed E-state index contributed by atoms with van der Waals surface area (Å²) in [5.41, 5.74) is 0. The molecule has 0 aromatic heterocycles. The monoisotopic (exact) mass is 156 g/mol. The summed E-state index contributed by atoms with van der Waals surface area (Å²) in [6.45, 7) is 3.22. The molecule has 0 atom stereocenters. The smallest absolute Gasteiger partial charge is 0.431 e. The first-order valence-electron chi connectivity index (χ1n) is 3.02. The molecule has 11 heavy (non-hydrogen) atoms. The second kappa shape index (κ2) is 5.30. The zero-order valence-electron chi connectivity index (χ0n) is 6.34. The quantitative estimate of drug-likeness (QED) is 0.306. The Hall–Kier alpha value is -1.50. The highest BCUT2D eigenvalue weighted by Gasteiger charge is 2.15. The van der Waals surface area contributed by atoms with E-state index in [9.17, 15) is 9.59 Å². The molecule has 0 saturated heterocycles. The van der Waals surface area contributed by atoms with Gasteiger partial charge >= 0.3 is 11.9 Å². The Morgan fingerprint density at radius 3 is 2.45 bits per heavy atom. The van der Waals surface area contributed by atoms with Crippen LogP contribution in [0.4, 0.5) is 0 Å². The van der Waals surface area contributed by atoms with E-state index in [2.05, 4.69) is 15.4 Å². The predicted molar refractivity (Wildman–Crippen MR) is 36.2 cm³/mol. The fourth-order valence-corrected chi connectivity index (χ4v) is 0.329. The normalized spacial score (nSPS) is 7.45. The Labute approximate surface area is 64.5 Å². The van der Waals surface area contributed by atoms with Crippen LogP contribution in [0, 0.1) is 12.0 Å². The summed E-state index contributed by atoms with van der Waals surface area (Å²) in [6, 6.07) is 0. The number of esters is 2. The second-order valence-electron chi connectivity index (χ2n) is 1.46. The summed E-state index contributed by atoms with van der Waals surface area (Å²) >= 11 is 0. The lowest BCUT2D eigenvalue weighted by atomic mass is 10.7. The molecule has 0 amide bonds. The lowest BCUT2D eigenvalue weighted by molar-refractivity contribution is -0.163. The molecule has 0 aliphatic heterocycles. The molecular formula is C7H8O4. The van der Waals surface area contributed by atoms with Crippen molar-refractivity contribution in [3.63, 3.8) is 0 Å². The van der Waals surface area contributed by atoms with Gasteiger partial charge in [-0.2, -0.15) is 0 Å². The van der Waals surface area contributed by atoms with Crippen LogP contribution in [-0.4, -0.2) is 18.5 Å². The first kappa shape index (κ1) is 9.50. The Balaban J connectivity index is 3.80. The molecule has 0 saturated carbocycles. The molecule has 0 radical (unpaired) electrons. The van der Waals surface area contributed by atoms with E-state index >= 15 is 0 Å². The summed E-state index contributed by atoms with van der Waals surface area (Å²) in [5.74, 6) is 0.194. The van der Waals surface area contributed by atoms with Gasteiger partial charge in [0.2, 0.25) is 0 Å². The minimum atomic E-state index is -1.08. The van der Waals surface area contributed by atoms with Gasteiger partial charge in [0, 0.05) is 6.92 Å². The fourth-order valence-electron chi connectivity index (χ4n) is 0.329. The number of carbonyl (C=O) groups excluding carboxylic acids is 2. The third-order valence-corrected chi connectivity index (χ3v) is 0.688. The highest BCUT2D eigenvalue weighted by molar-refractivity contribution is 6.29. The van der Waals surface area contributed by atoms with Crippen LogP contribution in [0.2, 0.25) is 0 Å². The van der Waals surface area contributed by atoms with Crippen molar-refractivity contribution in [2.75, 3.05) is 6.61 Å². The first-order valence-corrected chi connectivity index (χ1v) is 3.02. The zero-order chi connectivity index (χ0) is 8.69. The number of rotatable bonds is 1. The van der Waals surface area contributed by atoms with Gasteiger partial charge in [0.1, 0.15) is 6.11 Å². The number of hydrogen-bond acceptors (Lipinski definition) is 4. The van der Waals surface area contributed by atoms with Gasteiger partial charge < -0.3 is 9.47 Å². The number of carbonyl (C=O) groups is 2. The topological polar surface area (TPSA) is 52.6 Å². The molecule has 0 bridgehead atoms. The molecule has 0 unspecified atom stereocenters. The second-order valence-corrected chi connectivity index (χ2v) is 1.46. The van der Waals surface area contributed by atoms with E-state index in [1.807, 2.05) is 6.11 Å². The number of ether oxygens (including phenoxy) is 2. The summed E-state index contributed by atoms with van der Waals surface area (Å²) in [4.78, 5) is 21.0.